The molecule has 0 radical (unpaired) electrons. The molecule has 1 aliphatic carbocycles. The monoisotopic (exact) mass is 281 g/mol. The van der Waals surface area contributed by atoms with E-state index in [0.717, 1.165) is 25.7 Å². The molecule has 0 aromatic carbocycles. The van der Waals surface area contributed by atoms with Gasteiger partial charge in [0.05, 0.1) is 0 Å². The van der Waals surface area contributed by atoms with Gasteiger partial charge in [-0.2, -0.15) is 0 Å². The molecular formula is C14H19NO5. The summed E-state index contributed by atoms with van der Waals surface area (Å²) in [7, 11) is 0. The second kappa shape index (κ2) is 5.34. The summed E-state index contributed by atoms with van der Waals surface area (Å²) in [6.45, 7) is 0.752. The van der Waals surface area contributed by atoms with Gasteiger partial charge in [-0.1, -0.05) is 12.8 Å². The molecule has 6 heteroatoms. The van der Waals surface area contributed by atoms with E-state index in [2.05, 4.69) is 0 Å². The highest BCUT2D eigenvalue weighted by Crippen LogP contribution is 2.40. The molecule has 110 valence electrons. The van der Waals surface area contributed by atoms with Crippen LogP contribution in [-0.4, -0.2) is 47.2 Å². The predicted octanol–water partition coefficient (Wildman–Crippen LogP) is 1.12. The molecule has 0 aromatic rings. The maximum Gasteiger partial charge on any atom is 0.326 e. The number of carbonyl (C=O) groups excluding carboxylic acids is 1. The van der Waals surface area contributed by atoms with Crippen LogP contribution in [0.2, 0.25) is 0 Å². The first kappa shape index (κ1) is 13.3. The van der Waals surface area contributed by atoms with Crippen molar-refractivity contribution in [1.29, 1.82) is 0 Å². The Morgan fingerprint density at radius 3 is 2.75 bits per heavy atom. The highest BCUT2D eigenvalue weighted by atomic mass is 16.6. The molecule has 1 saturated heterocycles. The van der Waals surface area contributed by atoms with E-state index in [1.54, 1.807) is 0 Å². The van der Waals surface area contributed by atoms with Gasteiger partial charge in [0, 0.05) is 6.04 Å². The number of amides is 1. The fraction of sp³-hybridized carbons (Fsp3) is 0.714. The number of ether oxygens (including phenoxy) is 2. The zero-order valence-electron chi connectivity index (χ0n) is 11.3. The van der Waals surface area contributed by atoms with E-state index < -0.39 is 12.0 Å². The Kier molecular flexibility index (Phi) is 3.54. The van der Waals surface area contributed by atoms with E-state index in [-0.39, 0.29) is 17.7 Å². The molecule has 2 aliphatic heterocycles. The molecule has 1 saturated carbocycles. The van der Waals surface area contributed by atoms with Gasteiger partial charge >= 0.3 is 5.97 Å². The molecule has 1 amide bonds. The minimum Gasteiger partial charge on any atom is -0.494 e. The van der Waals surface area contributed by atoms with Crippen LogP contribution in [0.15, 0.2) is 12.0 Å². The van der Waals surface area contributed by atoms with Crippen LogP contribution in [0.3, 0.4) is 0 Å². The number of aliphatic carboxylic acids is 1. The van der Waals surface area contributed by atoms with Crippen LogP contribution in [0.25, 0.3) is 0 Å². The smallest absolute Gasteiger partial charge is 0.326 e. The number of rotatable bonds is 2. The molecule has 2 fully saturated rings. The van der Waals surface area contributed by atoms with Gasteiger partial charge in [-0.25, -0.2) is 4.79 Å². The number of hydrogen-bond donors (Lipinski definition) is 1. The number of carboxylic acid groups (broad SMARTS) is 1. The maximum atomic E-state index is 12.6. The SMILES string of the molecule is O=C(O)C1CC2CCCCC2N1C(=O)C1=COCCO1. The number of carboxylic acids is 1. The van der Waals surface area contributed by atoms with E-state index in [4.69, 9.17) is 9.47 Å². The fourth-order valence-electron chi connectivity index (χ4n) is 3.58. The van der Waals surface area contributed by atoms with Crippen LogP contribution >= 0.6 is 0 Å². The fourth-order valence-corrected chi connectivity index (χ4v) is 3.58. The van der Waals surface area contributed by atoms with Crippen molar-refractivity contribution >= 4 is 11.9 Å². The van der Waals surface area contributed by atoms with Gasteiger partial charge in [-0.15, -0.1) is 0 Å². The second-order valence-electron chi connectivity index (χ2n) is 5.62. The molecule has 2 heterocycles. The third kappa shape index (κ3) is 2.23. The summed E-state index contributed by atoms with van der Waals surface area (Å²) < 4.78 is 10.4. The van der Waals surface area contributed by atoms with E-state index in [0.29, 0.717) is 25.6 Å². The lowest BCUT2D eigenvalue weighted by Gasteiger charge is -2.33. The summed E-state index contributed by atoms with van der Waals surface area (Å²) in [5, 5.41) is 9.39. The Morgan fingerprint density at radius 1 is 1.25 bits per heavy atom. The number of fused-ring (bicyclic) bond motifs is 1. The molecule has 3 rings (SSSR count). The Bertz CT molecular complexity index is 447. The topological polar surface area (TPSA) is 76.1 Å². The van der Waals surface area contributed by atoms with Crippen molar-refractivity contribution in [2.24, 2.45) is 5.92 Å². The van der Waals surface area contributed by atoms with Crippen LogP contribution < -0.4 is 0 Å². The lowest BCUT2D eigenvalue weighted by Crippen LogP contribution is -2.47. The molecular weight excluding hydrogens is 262 g/mol. The Morgan fingerprint density at radius 2 is 2.05 bits per heavy atom. The minimum atomic E-state index is -0.926. The molecule has 1 N–H and O–H groups in total. The molecule has 0 bridgehead atoms. The summed E-state index contributed by atoms with van der Waals surface area (Å²) in [6, 6.07) is -0.703. The molecule has 3 atom stereocenters. The quantitative estimate of drug-likeness (QED) is 0.820. The van der Waals surface area contributed by atoms with Gasteiger partial charge in [-0.3, -0.25) is 4.79 Å². The average Bonchev–Trinajstić information content (AvgIpc) is 2.87. The minimum absolute atomic E-state index is 0.0313. The molecule has 3 unspecified atom stereocenters. The third-order valence-electron chi connectivity index (χ3n) is 4.47. The lowest BCUT2D eigenvalue weighted by atomic mass is 9.85. The van der Waals surface area contributed by atoms with E-state index in [1.807, 2.05) is 0 Å². The Hall–Kier alpha value is -1.72. The Balaban J connectivity index is 1.85. The normalized spacial score (nSPS) is 32.7. The van der Waals surface area contributed by atoms with Crippen LogP contribution in [-0.2, 0) is 19.1 Å². The summed E-state index contributed by atoms with van der Waals surface area (Å²) in [5.74, 6) is -0.829. The van der Waals surface area contributed by atoms with Crippen molar-refractivity contribution in [3.63, 3.8) is 0 Å². The Labute approximate surface area is 117 Å². The third-order valence-corrected chi connectivity index (χ3v) is 4.47. The first-order valence-electron chi connectivity index (χ1n) is 7.18. The lowest BCUT2D eigenvalue weighted by molar-refractivity contribution is -0.150. The van der Waals surface area contributed by atoms with Crippen molar-refractivity contribution in [2.45, 2.75) is 44.2 Å². The highest BCUT2D eigenvalue weighted by Gasteiger charge is 2.48. The van der Waals surface area contributed by atoms with Crippen LogP contribution in [0.1, 0.15) is 32.1 Å². The summed E-state index contributed by atoms with van der Waals surface area (Å²) in [5.41, 5.74) is 0. The summed E-state index contributed by atoms with van der Waals surface area (Å²) in [6.07, 6.45) is 5.93. The standard InChI is InChI=1S/C14H19NO5/c16-13(12-8-19-5-6-20-12)15-10-4-2-1-3-9(10)7-11(15)14(17)18/h8-11H,1-7H2,(H,17,18). The summed E-state index contributed by atoms with van der Waals surface area (Å²) in [4.78, 5) is 25.5. The number of nitrogens with zero attached hydrogens (tertiary/aromatic N) is 1. The van der Waals surface area contributed by atoms with Crippen molar-refractivity contribution in [3.05, 3.63) is 12.0 Å². The van der Waals surface area contributed by atoms with Gasteiger partial charge in [0.25, 0.3) is 5.91 Å². The second-order valence-corrected chi connectivity index (χ2v) is 5.62. The van der Waals surface area contributed by atoms with Gasteiger partial charge in [0.1, 0.15) is 25.5 Å². The zero-order valence-corrected chi connectivity index (χ0v) is 11.3. The van der Waals surface area contributed by atoms with Crippen LogP contribution in [0, 0.1) is 5.92 Å². The van der Waals surface area contributed by atoms with Crippen LogP contribution in [0.4, 0.5) is 0 Å². The number of likely N-dealkylation sites (tertiary alicyclic amines) is 1. The molecule has 0 aromatic heterocycles. The molecule has 0 spiro atoms. The molecule has 20 heavy (non-hydrogen) atoms. The number of hydrogen-bond acceptors (Lipinski definition) is 4. The summed E-state index contributed by atoms with van der Waals surface area (Å²) >= 11 is 0. The first-order valence-corrected chi connectivity index (χ1v) is 7.18. The van der Waals surface area contributed by atoms with Gasteiger partial charge in [0.2, 0.25) is 5.76 Å². The predicted molar refractivity (Wildman–Crippen MR) is 68.6 cm³/mol. The maximum absolute atomic E-state index is 12.6. The van der Waals surface area contributed by atoms with Gasteiger partial charge < -0.3 is 19.5 Å². The van der Waals surface area contributed by atoms with E-state index >= 15 is 0 Å². The average molecular weight is 281 g/mol. The molecule has 6 nitrogen and oxygen atoms in total. The molecule has 3 aliphatic rings. The van der Waals surface area contributed by atoms with Crippen molar-refractivity contribution in [3.8, 4) is 0 Å². The highest BCUT2D eigenvalue weighted by molar-refractivity contribution is 5.95. The van der Waals surface area contributed by atoms with E-state index in [1.165, 1.54) is 11.2 Å². The van der Waals surface area contributed by atoms with Crippen LogP contribution in [0.5, 0.6) is 0 Å². The first-order chi connectivity index (χ1) is 9.68. The zero-order chi connectivity index (χ0) is 14.1. The van der Waals surface area contributed by atoms with Crippen molar-refractivity contribution in [2.75, 3.05) is 13.2 Å². The van der Waals surface area contributed by atoms with E-state index in [9.17, 15) is 14.7 Å². The van der Waals surface area contributed by atoms with Gasteiger partial charge in [0.15, 0.2) is 0 Å². The van der Waals surface area contributed by atoms with Crippen molar-refractivity contribution < 1.29 is 24.2 Å². The van der Waals surface area contributed by atoms with Crippen molar-refractivity contribution in [1.82, 2.24) is 4.90 Å². The number of carbonyl (C=O) groups is 2. The van der Waals surface area contributed by atoms with Gasteiger partial charge in [-0.05, 0) is 25.2 Å². The largest absolute Gasteiger partial charge is 0.494 e.